The Morgan fingerprint density at radius 1 is 1.26 bits per heavy atom. The molecule has 0 unspecified atom stereocenters. The van der Waals surface area contributed by atoms with Gasteiger partial charge in [0, 0.05) is 6.04 Å². The number of esters is 1. The summed E-state index contributed by atoms with van der Waals surface area (Å²) in [6, 6.07) is 4.25. The summed E-state index contributed by atoms with van der Waals surface area (Å²) in [6.07, 6.45) is 4.99. The fourth-order valence-corrected chi connectivity index (χ4v) is 3.66. The molecule has 1 fully saturated rings. The van der Waals surface area contributed by atoms with Crippen molar-refractivity contribution < 1.29 is 23.5 Å². The first-order valence-corrected chi connectivity index (χ1v) is 9.56. The first kappa shape index (κ1) is 21.2. The Hall–Kier alpha value is -2.11. The van der Waals surface area contributed by atoms with Gasteiger partial charge in [-0.25, -0.2) is 14.0 Å². The SMILES string of the molecule is COC(=O)c1ccc(F)cc1CCC[C@@H]1CCC[C@@H]1NC(=O)OC(C)(C)C. The molecule has 2 atom stereocenters. The lowest BCUT2D eigenvalue weighted by Crippen LogP contribution is -2.40. The lowest BCUT2D eigenvalue weighted by Gasteiger charge is -2.25. The van der Waals surface area contributed by atoms with E-state index in [1.807, 2.05) is 20.8 Å². The maximum Gasteiger partial charge on any atom is 0.407 e. The number of methoxy groups -OCH3 is 1. The average Bonchev–Trinajstić information content (AvgIpc) is 2.99. The summed E-state index contributed by atoms with van der Waals surface area (Å²) in [6.45, 7) is 5.53. The van der Waals surface area contributed by atoms with Crippen molar-refractivity contribution in [3.8, 4) is 0 Å². The highest BCUT2D eigenvalue weighted by Crippen LogP contribution is 2.30. The first-order chi connectivity index (χ1) is 12.7. The molecule has 27 heavy (non-hydrogen) atoms. The molecule has 0 saturated heterocycles. The molecular weight excluding hydrogens is 349 g/mol. The van der Waals surface area contributed by atoms with Gasteiger partial charge in [-0.1, -0.05) is 6.42 Å². The van der Waals surface area contributed by atoms with Gasteiger partial charge in [0.1, 0.15) is 11.4 Å². The summed E-state index contributed by atoms with van der Waals surface area (Å²) in [5.74, 6) is -0.439. The number of aryl methyl sites for hydroxylation is 1. The highest BCUT2D eigenvalue weighted by molar-refractivity contribution is 5.91. The van der Waals surface area contributed by atoms with Gasteiger partial charge in [0.15, 0.2) is 0 Å². The fraction of sp³-hybridized carbons (Fsp3) is 0.619. The van der Waals surface area contributed by atoms with E-state index in [1.54, 1.807) is 0 Å². The number of carbonyl (C=O) groups excluding carboxylic acids is 2. The predicted molar refractivity (Wildman–Crippen MR) is 101 cm³/mol. The quantitative estimate of drug-likeness (QED) is 0.732. The van der Waals surface area contributed by atoms with E-state index in [2.05, 4.69) is 5.32 Å². The molecule has 0 bridgehead atoms. The standard InChI is InChI=1S/C21H30FNO4/c1-21(2,3)27-20(25)23-18-10-6-8-14(18)7-5-9-15-13-16(22)11-12-17(15)19(24)26-4/h11-14,18H,5-10H2,1-4H3,(H,23,25)/t14-,18+/m1/s1. The lowest BCUT2D eigenvalue weighted by molar-refractivity contribution is 0.0490. The van der Waals surface area contributed by atoms with Gasteiger partial charge in [-0.05, 0) is 82.6 Å². The molecule has 0 aromatic heterocycles. The van der Waals surface area contributed by atoms with Crippen LogP contribution in [-0.4, -0.2) is 30.8 Å². The molecule has 5 nitrogen and oxygen atoms in total. The Bertz CT molecular complexity index is 669. The van der Waals surface area contributed by atoms with Crippen LogP contribution in [0.2, 0.25) is 0 Å². The van der Waals surface area contributed by atoms with Crippen LogP contribution in [0.5, 0.6) is 0 Å². The van der Waals surface area contributed by atoms with Crippen molar-refractivity contribution in [2.75, 3.05) is 7.11 Å². The largest absolute Gasteiger partial charge is 0.465 e. The van der Waals surface area contributed by atoms with Crippen molar-refractivity contribution in [1.29, 1.82) is 0 Å². The van der Waals surface area contributed by atoms with Crippen LogP contribution in [0.3, 0.4) is 0 Å². The molecular formula is C21H30FNO4. The molecule has 0 aliphatic heterocycles. The number of halogens is 1. The van der Waals surface area contributed by atoms with Crippen molar-refractivity contribution in [3.05, 3.63) is 35.1 Å². The number of hydrogen-bond acceptors (Lipinski definition) is 4. The Morgan fingerprint density at radius 2 is 2.00 bits per heavy atom. The zero-order valence-electron chi connectivity index (χ0n) is 16.6. The smallest absolute Gasteiger partial charge is 0.407 e. The molecule has 0 spiro atoms. The van der Waals surface area contributed by atoms with Gasteiger partial charge in [0.2, 0.25) is 0 Å². The number of ether oxygens (including phenoxy) is 2. The minimum atomic E-state index is -0.514. The van der Waals surface area contributed by atoms with Crippen LogP contribution >= 0.6 is 0 Å². The number of alkyl carbamates (subject to hydrolysis) is 1. The van der Waals surface area contributed by atoms with Crippen molar-refractivity contribution in [2.24, 2.45) is 5.92 Å². The van der Waals surface area contributed by atoms with Crippen LogP contribution in [0.4, 0.5) is 9.18 Å². The van der Waals surface area contributed by atoms with E-state index in [9.17, 15) is 14.0 Å². The highest BCUT2D eigenvalue weighted by Gasteiger charge is 2.29. The second-order valence-electron chi connectivity index (χ2n) is 8.13. The van der Waals surface area contributed by atoms with E-state index in [4.69, 9.17) is 9.47 Å². The minimum Gasteiger partial charge on any atom is -0.465 e. The van der Waals surface area contributed by atoms with Crippen LogP contribution < -0.4 is 5.32 Å². The summed E-state index contributed by atoms with van der Waals surface area (Å²) < 4.78 is 23.7. The van der Waals surface area contributed by atoms with E-state index in [0.717, 1.165) is 32.1 Å². The Labute approximate surface area is 160 Å². The van der Waals surface area contributed by atoms with Gasteiger partial charge in [0.25, 0.3) is 0 Å². The van der Waals surface area contributed by atoms with Crippen LogP contribution in [-0.2, 0) is 15.9 Å². The van der Waals surface area contributed by atoms with E-state index in [1.165, 1.54) is 25.3 Å². The number of hydrogen-bond donors (Lipinski definition) is 1. The van der Waals surface area contributed by atoms with Crippen molar-refractivity contribution >= 4 is 12.1 Å². The molecule has 1 amide bonds. The Morgan fingerprint density at radius 3 is 2.67 bits per heavy atom. The van der Waals surface area contributed by atoms with E-state index in [0.29, 0.717) is 23.5 Å². The second kappa shape index (κ2) is 9.20. The van der Waals surface area contributed by atoms with Crippen LogP contribution in [0, 0.1) is 11.7 Å². The van der Waals surface area contributed by atoms with E-state index < -0.39 is 11.6 Å². The zero-order valence-corrected chi connectivity index (χ0v) is 16.6. The fourth-order valence-electron chi connectivity index (χ4n) is 3.66. The molecule has 1 saturated carbocycles. The average molecular weight is 379 g/mol. The number of nitrogens with one attached hydrogen (secondary N) is 1. The summed E-state index contributed by atoms with van der Waals surface area (Å²) in [5.41, 5.74) is 0.560. The zero-order chi connectivity index (χ0) is 20.0. The first-order valence-electron chi connectivity index (χ1n) is 9.56. The van der Waals surface area contributed by atoms with Crippen LogP contribution in [0.15, 0.2) is 18.2 Å². The maximum absolute atomic E-state index is 13.6. The maximum atomic E-state index is 13.6. The molecule has 150 valence electrons. The van der Waals surface area contributed by atoms with Crippen molar-refractivity contribution in [3.63, 3.8) is 0 Å². The number of carbonyl (C=O) groups is 2. The number of rotatable bonds is 6. The Kier molecular flexibility index (Phi) is 7.22. The second-order valence-corrected chi connectivity index (χ2v) is 8.13. The molecule has 1 aromatic carbocycles. The molecule has 2 rings (SSSR count). The molecule has 1 N–H and O–H groups in total. The highest BCUT2D eigenvalue weighted by atomic mass is 19.1. The summed E-state index contributed by atoms with van der Waals surface area (Å²) >= 11 is 0. The van der Waals surface area contributed by atoms with Gasteiger partial charge < -0.3 is 14.8 Å². The van der Waals surface area contributed by atoms with E-state index in [-0.39, 0.29) is 18.0 Å². The third-order valence-electron chi connectivity index (χ3n) is 4.85. The molecule has 1 aliphatic rings. The number of amides is 1. The predicted octanol–water partition coefficient (Wildman–Crippen LogP) is 4.63. The normalized spacial score (nSPS) is 19.6. The van der Waals surface area contributed by atoms with Crippen molar-refractivity contribution in [1.82, 2.24) is 5.32 Å². The van der Waals surface area contributed by atoms with Gasteiger partial charge in [0.05, 0.1) is 12.7 Å². The molecule has 0 heterocycles. The summed E-state index contributed by atoms with van der Waals surface area (Å²) in [4.78, 5) is 23.9. The summed E-state index contributed by atoms with van der Waals surface area (Å²) in [5, 5.41) is 2.99. The van der Waals surface area contributed by atoms with Gasteiger partial charge >= 0.3 is 12.1 Å². The van der Waals surface area contributed by atoms with Gasteiger partial charge in [-0.15, -0.1) is 0 Å². The topological polar surface area (TPSA) is 64.6 Å². The molecule has 1 aliphatic carbocycles. The minimum absolute atomic E-state index is 0.104. The third-order valence-corrected chi connectivity index (χ3v) is 4.85. The molecule has 1 aromatic rings. The summed E-state index contributed by atoms with van der Waals surface area (Å²) in [7, 11) is 1.32. The molecule has 0 radical (unpaired) electrons. The lowest BCUT2D eigenvalue weighted by atomic mass is 9.94. The van der Waals surface area contributed by atoms with Gasteiger partial charge in [-0.3, -0.25) is 0 Å². The number of benzene rings is 1. The third kappa shape index (κ3) is 6.52. The van der Waals surface area contributed by atoms with Crippen LogP contribution in [0.1, 0.15) is 68.8 Å². The van der Waals surface area contributed by atoms with Crippen molar-refractivity contribution in [2.45, 2.75) is 70.9 Å². The van der Waals surface area contributed by atoms with E-state index >= 15 is 0 Å². The monoisotopic (exact) mass is 379 g/mol. The van der Waals surface area contributed by atoms with Crippen LogP contribution in [0.25, 0.3) is 0 Å². The Balaban J connectivity index is 1.90. The van der Waals surface area contributed by atoms with Gasteiger partial charge in [-0.2, -0.15) is 0 Å². The molecule has 6 heteroatoms.